The summed E-state index contributed by atoms with van der Waals surface area (Å²) in [7, 11) is -3.97. The van der Waals surface area contributed by atoms with Crippen LogP contribution in [0.5, 0.6) is 0 Å². The number of hydrogen-bond acceptors (Lipinski definition) is 4. The van der Waals surface area contributed by atoms with E-state index in [-0.39, 0.29) is 0 Å². The van der Waals surface area contributed by atoms with Gasteiger partial charge < -0.3 is 9.52 Å². The van der Waals surface area contributed by atoms with Gasteiger partial charge in [0.15, 0.2) is 0 Å². The second kappa shape index (κ2) is 4.24. The average Bonchev–Trinajstić information content (AvgIpc) is 2.65. The van der Waals surface area contributed by atoms with E-state index in [9.17, 15) is 13.2 Å². The maximum absolute atomic E-state index is 11.7. The van der Waals surface area contributed by atoms with Crippen LogP contribution >= 0.6 is 0 Å². The third-order valence-corrected chi connectivity index (χ3v) is 3.34. The zero-order chi connectivity index (χ0) is 13.3. The van der Waals surface area contributed by atoms with Crippen molar-refractivity contribution in [2.75, 3.05) is 0 Å². The van der Waals surface area contributed by atoms with Crippen molar-refractivity contribution in [1.82, 2.24) is 4.72 Å². The highest BCUT2D eigenvalue weighted by atomic mass is 32.2. The summed E-state index contributed by atoms with van der Waals surface area (Å²) >= 11 is 0. The maximum Gasteiger partial charge on any atom is 0.371 e. The van der Waals surface area contributed by atoms with Gasteiger partial charge in [0, 0.05) is 0 Å². The lowest BCUT2D eigenvalue weighted by molar-refractivity contribution is 0.0656. The number of carboxylic acids is 1. The summed E-state index contributed by atoms with van der Waals surface area (Å²) in [6.45, 7) is 2.98. The minimum absolute atomic E-state index is 0.455. The van der Waals surface area contributed by atoms with Gasteiger partial charge in [-0.15, -0.1) is 6.42 Å². The van der Waals surface area contributed by atoms with Gasteiger partial charge in [0.1, 0.15) is 0 Å². The van der Waals surface area contributed by atoms with Gasteiger partial charge in [0.2, 0.25) is 10.9 Å². The van der Waals surface area contributed by atoms with Crippen molar-refractivity contribution in [2.45, 2.75) is 24.5 Å². The highest BCUT2D eigenvalue weighted by Gasteiger charge is 2.27. The SMILES string of the molecule is C#CC(C)(C)NS(=O)(=O)c1ccc(C(=O)O)o1. The molecular formula is C10H11NO5S. The molecule has 0 saturated carbocycles. The van der Waals surface area contributed by atoms with E-state index in [4.69, 9.17) is 11.5 Å². The van der Waals surface area contributed by atoms with E-state index in [1.807, 2.05) is 0 Å². The number of terminal acetylenes is 1. The van der Waals surface area contributed by atoms with Crippen LogP contribution in [0.1, 0.15) is 24.4 Å². The van der Waals surface area contributed by atoms with Crippen LogP contribution < -0.4 is 4.72 Å². The lowest BCUT2D eigenvalue weighted by Gasteiger charge is -2.17. The quantitative estimate of drug-likeness (QED) is 0.773. The number of carboxylic acid groups (broad SMARTS) is 1. The average molecular weight is 257 g/mol. The van der Waals surface area contributed by atoms with Gasteiger partial charge in [-0.2, -0.15) is 4.72 Å². The topological polar surface area (TPSA) is 96.6 Å². The summed E-state index contributed by atoms with van der Waals surface area (Å²) in [6, 6.07) is 2.11. The molecule has 1 rings (SSSR count). The fourth-order valence-corrected chi connectivity index (χ4v) is 2.27. The molecule has 0 aliphatic heterocycles. The molecule has 1 heterocycles. The molecule has 92 valence electrons. The van der Waals surface area contributed by atoms with Gasteiger partial charge in [0.25, 0.3) is 10.0 Å². The summed E-state index contributed by atoms with van der Waals surface area (Å²) in [5, 5.41) is 8.11. The fraction of sp³-hybridized carbons (Fsp3) is 0.300. The number of sulfonamides is 1. The molecule has 0 saturated heterocycles. The van der Waals surface area contributed by atoms with Gasteiger partial charge in [0.05, 0.1) is 5.54 Å². The highest BCUT2D eigenvalue weighted by molar-refractivity contribution is 7.89. The Balaban J connectivity index is 3.07. The molecule has 0 aliphatic carbocycles. The Bertz CT molecular complexity index is 576. The number of rotatable bonds is 4. The molecule has 0 aliphatic rings. The van der Waals surface area contributed by atoms with Crippen LogP contribution in [0.3, 0.4) is 0 Å². The molecule has 6 nitrogen and oxygen atoms in total. The lowest BCUT2D eigenvalue weighted by atomic mass is 10.1. The van der Waals surface area contributed by atoms with Crippen molar-refractivity contribution in [2.24, 2.45) is 0 Å². The molecule has 0 spiro atoms. The number of carbonyl (C=O) groups is 1. The minimum atomic E-state index is -3.97. The summed E-state index contributed by atoms with van der Waals surface area (Å²) in [5.41, 5.74) is -1.09. The molecule has 17 heavy (non-hydrogen) atoms. The van der Waals surface area contributed by atoms with Crippen molar-refractivity contribution in [3.05, 3.63) is 17.9 Å². The summed E-state index contributed by atoms with van der Waals surface area (Å²) in [6.07, 6.45) is 5.14. The molecule has 0 bridgehead atoms. The monoisotopic (exact) mass is 257 g/mol. The second-order valence-electron chi connectivity index (χ2n) is 3.80. The summed E-state index contributed by atoms with van der Waals surface area (Å²) < 4.78 is 30.4. The molecular weight excluding hydrogens is 246 g/mol. The first-order valence-corrected chi connectivity index (χ1v) is 6.01. The zero-order valence-electron chi connectivity index (χ0n) is 9.22. The lowest BCUT2D eigenvalue weighted by Crippen LogP contribution is -2.41. The molecule has 0 fully saturated rings. The fourth-order valence-electron chi connectivity index (χ4n) is 0.995. The third-order valence-electron chi connectivity index (χ3n) is 1.81. The van der Waals surface area contributed by atoms with Crippen molar-refractivity contribution in [3.63, 3.8) is 0 Å². The predicted molar refractivity (Wildman–Crippen MR) is 58.9 cm³/mol. The van der Waals surface area contributed by atoms with E-state index in [2.05, 4.69) is 15.1 Å². The Morgan fingerprint density at radius 2 is 2.12 bits per heavy atom. The highest BCUT2D eigenvalue weighted by Crippen LogP contribution is 2.16. The first kappa shape index (κ1) is 13.3. The Morgan fingerprint density at radius 1 is 1.53 bits per heavy atom. The smallest absolute Gasteiger partial charge is 0.371 e. The van der Waals surface area contributed by atoms with Crippen LogP contribution in [0.4, 0.5) is 0 Å². The van der Waals surface area contributed by atoms with Crippen molar-refractivity contribution in [3.8, 4) is 12.3 Å². The normalized spacial score (nSPS) is 12.1. The molecule has 0 radical (unpaired) electrons. The van der Waals surface area contributed by atoms with E-state index in [0.717, 1.165) is 12.1 Å². The Morgan fingerprint density at radius 3 is 2.53 bits per heavy atom. The molecule has 1 aromatic rings. The van der Waals surface area contributed by atoms with Crippen molar-refractivity contribution in [1.29, 1.82) is 0 Å². The largest absolute Gasteiger partial charge is 0.475 e. The minimum Gasteiger partial charge on any atom is -0.475 e. The van der Waals surface area contributed by atoms with Crippen LogP contribution in [0, 0.1) is 12.3 Å². The van der Waals surface area contributed by atoms with Gasteiger partial charge in [-0.3, -0.25) is 0 Å². The number of hydrogen-bond donors (Lipinski definition) is 2. The van der Waals surface area contributed by atoms with Crippen LogP contribution in [0.15, 0.2) is 21.6 Å². The molecule has 0 aromatic carbocycles. The predicted octanol–water partition coefficient (Wildman–Crippen LogP) is 0.668. The summed E-state index contributed by atoms with van der Waals surface area (Å²) in [5.74, 6) is 0.449. The number of aromatic carboxylic acids is 1. The van der Waals surface area contributed by atoms with Gasteiger partial charge in [-0.25, -0.2) is 13.2 Å². The molecule has 7 heteroatoms. The zero-order valence-corrected chi connectivity index (χ0v) is 10.0. The molecule has 0 amide bonds. The van der Waals surface area contributed by atoms with E-state index >= 15 is 0 Å². The Labute approximate surface area is 98.7 Å². The maximum atomic E-state index is 11.7. The van der Waals surface area contributed by atoms with Gasteiger partial charge in [-0.05, 0) is 26.0 Å². The van der Waals surface area contributed by atoms with E-state index < -0.39 is 32.4 Å². The standard InChI is InChI=1S/C10H11NO5S/c1-4-10(2,3)11-17(14,15)8-6-5-7(16-8)9(12)13/h1,5-6,11H,2-3H3,(H,12,13). The van der Waals surface area contributed by atoms with Gasteiger partial charge >= 0.3 is 5.97 Å². The van der Waals surface area contributed by atoms with Crippen LogP contribution in [0.25, 0.3) is 0 Å². The second-order valence-corrected chi connectivity index (χ2v) is 5.41. The third kappa shape index (κ3) is 3.09. The molecule has 0 unspecified atom stereocenters. The van der Waals surface area contributed by atoms with E-state index in [1.54, 1.807) is 0 Å². The molecule has 0 atom stereocenters. The Hall–Kier alpha value is -1.78. The van der Waals surface area contributed by atoms with Crippen molar-refractivity contribution < 1.29 is 22.7 Å². The number of nitrogens with one attached hydrogen (secondary N) is 1. The summed E-state index contributed by atoms with van der Waals surface area (Å²) in [4.78, 5) is 10.5. The Kier molecular flexibility index (Phi) is 3.31. The van der Waals surface area contributed by atoms with E-state index in [1.165, 1.54) is 13.8 Å². The van der Waals surface area contributed by atoms with Crippen molar-refractivity contribution >= 4 is 16.0 Å². The van der Waals surface area contributed by atoms with Gasteiger partial charge in [-0.1, -0.05) is 5.92 Å². The first-order valence-electron chi connectivity index (χ1n) is 4.53. The molecule has 2 N–H and O–H groups in total. The molecule has 1 aromatic heterocycles. The van der Waals surface area contributed by atoms with Crippen LogP contribution in [-0.4, -0.2) is 25.0 Å². The van der Waals surface area contributed by atoms with Crippen LogP contribution in [-0.2, 0) is 10.0 Å². The number of furan rings is 1. The first-order chi connectivity index (χ1) is 7.68. The van der Waals surface area contributed by atoms with E-state index in [0.29, 0.717) is 0 Å². The van der Waals surface area contributed by atoms with Crippen LogP contribution in [0.2, 0.25) is 0 Å².